The lowest BCUT2D eigenvalue weighted by atomic mass is 9.92. The standard InChI is InChI=1S/C26H25F3N4O2S/c1-3-36-22-11-19(35-18-9-17(10-18)34-15-16-7-5-4-6-8-16)13-31-24(22)25-32-20-12-23(26(27,28)29)30-14-21(20)33(25)2/h4-8,11-14,17-18H,3,9-10,15H2,1-2H3/p+1. The summed E-state index contributed by atoms with van der Waals surface area (Å²) in [6, 6.07) is 13.0. The Morgan fingerprint density at radius 2 is 1.86 bits per heavy atom. The number of hydrogen-bond acceptors (Lipinski definition) is 5. The summed E-state index contributed by atoms with van der Waals surface area (Å²) < 4.78 is 53.2. The molecule has 1 aliphatic rings. The summed E-state index contributed by atoms with van der Waals surface area (Å²) in [5.41, 5.74) is 1.77. The van der Waals surface area contributed by atoms with Gasteiger partial charge in [0.25, 0.3) is 0 Å². The van der Waals surface area contributed by atoms with E-state index in [1.54, 1.807) is 29.6 Å². The first kappa shape index (κ1) is 24.6. The maximum atomic E-state index is 13.1. The van der Waals surface area contributed by atoms with Gasteiger partial charge in [-0.15, -0.1) is 11.8 Å². The second-order valence-electron chi connectivity index (χ2n) is 8.70. The quantitative estimate of drug-likeness (QED) is 0.241. The normalized spacial score (nSPS) is 17.8. The fourth-order valence-corrected chi connectivity index (χ4v) is 4.98. The van der Waals surface area contributed by atoms with Crippen molar-refractivity contribution in [1.82, 2.24) is 15.0 Å². The van der Waals surface area contributed by atoms with E-state index in [1.165, 1.54) is 6.20 Å². The number of H-pyrrole nitrogens is 1. The van der Waals surface area contributed by atoms with Crippen molar-refractivity contribution in [3.63, 3.8) is 0 Å². The number of fused-ring (bicyclic) bond motifs is 1. The van der Waals surface area contributed by atoms with Gasteiger partial charge in [0, 0.05) is 23.8 Å². The highest BCUT2D eigenvalue weighted by molar-refractivity contribution is 7.99. The third kappa shape index (κ3) is 5.19. The van der Waals surface area contributed by atoms with Gasteiger partial charge in [0.2, 0.25) is 0 Å². The molecule has 0 saturated heterocycles. The number of aryl methyl sites for hydroxylation is 1. The molecule has 1 saturated carbocycles. The summed E-state index contributed by atoms with van der Waals surface area (Å²) >= 11 is 1.60. The van der Waals surface area contributed by atoms with Crippen molar-refractivity contribution in [2.24, 2.45) is 7.05 Å². The van der Waals surface area contributed by atoms with Crippen molar-refractivity contribution < 1.29 is 27.2 Å². The van der Waals surface area contributed by atoms with Crippen LogP contribution in [-0.2, 0) is 24.6 Å². The van der Waals surface area contributed by atoms with Crippen LogP contribution in [0.15, 0.2) is 59.8 Å². The maximum absolute atomic E-state index is 13.1. The van der Waals surface area contributed by atoms with Crippen LogP contribution in [0.2, 0.25) is 0 Å². The predicted molar refractivity (Wildman–Crippen MR) is 131 cm³/mol. The predicted octanol–water partition coefficient (Wildman–Crippen LogP) is 5.71. The Kier molecular flexibility index (Phi) is 6.90. The summed E-state index contributed by atoms with van der Waals surface area (Å²) in [6.07, 6.45) is 0.257. The van der Waals surface area contributed by atoms with E-state index in [0.717, 1.165) is 35.1 Å². The number of nitrogens with zero attached hydrogens (tertiary/aromatic N) is 3. The molecule has 5 rings (SSSR count). The van der Waals surface area contributed by atoms with E-state index in [0.29, 0.717) is 34.9 Å². The van der Waals surface area contributed by atoms with Gasteiger partial charge in [0.1, 0.15) is 17.5 Å². The molecule has 10 heteroatoms. The van der Waals surface area contributed by atoms with Gasteiger partial charge in [-0.3, -0.25) is 0 Å². The fourth-order valence-electron chi connectivity index (χ4n) is 4.19. The molecule has 0 bridgehead atoms. The van der Waals surface area contributed by atoms with Gasteiger partial charge in [-0.2, -0.15) is 13.2 Å². The Morgan fingerprint density at radius 3 is 2.58 bits per heavy atom. The number of imidazole rings is 1. The highest BCUT2D eigenvalue weighted by atomic mass is 32.2. The summed E-state index contributed by atoms with van der Waals surface area (Å²) in [4.78, 5) is 12.2. The van der Waals surface area contributed by atoms with Crippen LogP contribution in [0.4, 0.5) is 13.2 Å². The lowest BCUT2D eigenvalue weighted by Gasteiger charge is -2.35. The first-order valence-corrected chi connectivity index (χ1v) is 12.7. The molecule has 6 nitrogen and oxygen atoms in total. The number of nitrogens with one attached hydrogen (secondary N) is 1. The molecule has 4 aromatic rings. The van der Waals surface area contributed by atoms with E-state index in [4.69, 9.17) is 9.47 Å². The maximum Gasteiger partial charge on any atom is 0.433 e. The van der Waals surface area contributed by atoms with Crippen LogP contribution in [-0.4, -0.2) is 32.9 Å². The number of alkyl halides is 3. The number of benzene rings is 1. The Hall–Kier alpha value is -3.11. The van der Waals surface area contributed by atoms with Crippen molar-refractivity contribution >= 4 is 22.8 Å². The Labute approximate surface area is 210 Å². The van der Waals surface area contributed by atoms with Gasteiger partial charge in [-0.1, -0.05) is 37.3 Å². The van der Waals surface area contributed by atoms with E-state index in [-0.39, 0.29) is 12.2 Å². The molecule has 188 valence electrons. The van der Waals surface area contributed by atoms with Crippen molar-refractivity contribution in [2.45, 2.75) is 49.7 Å². The number of aromatic amines is 1. The first-order chi connectivity index (χ1) is 17.3. The summed E-state index contributed by atoms with van der Waals surface area (Å²) in [7, 11) is 1.78. The minimum absolute atomic E-state index is 0.0638. The van der Waals surface area contributed by atoms with Crippen LogP contribution < -0.4 is 9.30 Å². The van der Waals surface area contributed by atoms with Gasteiger partial charge >= 0.3 is 12.0 Å². The molecular weight excluding hydrogens is 489 g/mol. The molecule has 0 spiro atoms. The highest BCUT2D eigenvalue weighted by Gasteiger charge is 2.35. The van der Waals surface area contributed by atoms with E-state index < -0.39 is 11.9 Å². The van der Waals surface area contributed by atoms with Crippen LogP contribution >= 0.6 is 11.8 Å². The smallest absolute Gasteiger partial charge is 0.433 e. The molecule has 1 N–H and O–H groups in total. The summed E-state index contributed by atoms with van der Waals surface area (Å²) in [6.45, 7) is 2.63. The van der Waals surface area contributed by atoms with E-state index in [1.807, 2.05) is 43.3 Å². The Morgan fingerprint density at radius 1 is 1.08 bits per heavy atom. The number of thioether (sulfide) groups is 1. The third-order valence-electron chi connectivity index (χ3n) is 6.16. The molecule has 0 atom stereocenters. The van der Waals surface area contributed by atoms with E-state index >= 15 is 0 Å². The number of halogens is 3. The molecule has 3 aromatic heterocycles. The molecule has 0 amide bonds. The van der Waals surface area contributed by atoms with Crippen LogP contribution in [0.1, 0.15) is 31.0 Å². The van der Waals surface area contributed by atoms with Crippen molar-refractivity contribution in [3.8, 4) is 17.3 Å². The third-order valence-corrected chi connectivity index (χ3v) is 7.07. The van der Waals surface area contributed by atoms with Gasteiger partial charge in [-0.25, -0.2) is 19.5 Å². The van der Waals surface area contributed by atoms with Crippen LogP contribution in [0.5, 0.6) is 5.75 Å². The number of hydrogen-bond donors (Lipinski definition) is 1. The molecular formula is C26H26F3N4O2S+. The van der Waals surface area contributed by atoms with Crippen LogP contribution in [0, 0.1) is 0 Å². The number of rotatable bonds is 8. The topological polar surface area (TPSA) is 63.9 Å². The van der Waals surface area contributed by atoms with E-state index in [9.17, 15) is 13.2 Å². The fraction of sp³-hybridized carbons (Fsp3) is 0.346. The zero-order valence-electron chi connectivity index (χ0n) is 19.9. The molecule has 0 aliphatic heterocycles. The van der Waals surface area contributed by atoms with Crippen LogP contribution in [0.25, 0.3) is 22.6 Å². The minimum Gasteiger partial charge on any atom is -0.489 e. The average Bonchev–Trinajstić information content (AvgIpc) is 3.16. The Balaban J connectivity index is 1.30. The monoisotopic (exact) mass is 515 g/mol. The van der Waals surface area contributed by atoms with Gasteiger partial charge in [0.05, 0.1) is 32.2 Å². The lowest BCUT2D eigenvalue weighted by molar-refractivity contribution is -0.633. The lowest BCUT2D eigenvalue weighted by Crippen LogP contribution is -2.39. The number of aromatic nitrogens is 4. The number of pyridine rings is 2. The second kappa shape index (κ2) is 10.1. The molecule has 1 fully saturated rings. The molecule has 0 radical (unpaired) electrons. The zero-order chi connectivity index (χ0) is 25.3. The second-order valence-corrected chi connectivity index (χ2v) is 10.0. The van der Waals surface area contributed by atoms with Gasteiger partial charge in [-0.05, 0) is 17.4 Å². The molecule has 3 heterocycles. The average molecular weight is 516 g/mol. The largest absolute Gasteiger partial charge is 0.489 e. The SMILES string of the molecule is CCSc1cc(OC2CC(OCc3ccccc3)C2)cnc1-c1[nH]c2cc(C(F)(F)F)ncc2[n+]1C. The number of ether oxygens (including phenoxy) is 2. The van der Waals surface area contributed by atoms with E-state index in [2.05, 4.69) is 15.0 Å². The van der Waals surface area contributed by atoms with Gasteiger partial charge in [0.15, 0.2) is 16.7 Å². The molecule has 0 unspecified atom stereocenters. The first-order valence-electron chi connectivity index (χ1n) is 11.7. The van der Waals surface area contributed by atoms with Crippen molar-refractivity contribution in [2.75, 3.05) is 5.75 Å². The van der Waals surface area contributed by atoms with Crippen molar-refractivity contribution in [1.29, 1.82) is 0 Å². The Bertz CT molecular complexity index is 1350. The minimum atomic E-state index is -4.51. The van der Waals surface area contributed by atoms with Crippen LogP contribution in [0.3, 0.4) is 0 Å². The zero-order valence-corrected chi connectivity index (χ0v) is 20.7. The van der Waals surface area contributed by atoms with Gasteiger partial charge < -0.3 is 9.47 Å². The van der Waals surface area contributed by atoms with Crippen molar-refractivity contribution in [3.05, 3.63) is 66.1 Å². The molecule has 36 heavy (non-hydrogen) atoms. The molecule has 1 aliphatic carbocycles. The summed E-state index contributed by atoms with van der Waals surface area (Å²) in [5.74, 6) is 2.08. The summed E-state index contributed by atoms with van der Waals surface area (Å²) in [5, 5.41) is 0. The molecule has 1 aromatic carbocycles. The highest BCUT2D eigenvalue weighted by Crippen LogP contribution is 2.35.